The van der Waals surface area contributed by atoms with E-state index in [0.717, 1.165) is 12.3 Å². The van der Waals surface area contributed by atoms with Crippen LogP contribution in [0.2, 0.25) is 0 Å². The summed E-state index contributed by atoms with van der Waals surface area (Å²) in [7, 11) is 0. The van der Waals surface area contributed by atoms with Crippen LogP contribution in [0.4, 0.5) is 0 Å². The van der Waals surface area contributed by atoms with Gasteiger partial charge in [0.25, 0.3) is 0 Å². The van der Waals surface area contributed by atoms with Crippen molar-refractivity contribution >= 4 is 5.71 Å². The van der Waals surface area contributed by atoms with Gasteiger partial charge in [-0.15, -0.1) is 0 Å². The maximum Gasteiger partial charge on any atom is 0.0573 e. The fraction of sp³-hybridized carbons (Fsp3) is 0.500. The third-order valence-corrected chi connectivity index (χ3v) is 1.42. The van der Waals surface area contributed by atoms with Crippen molar-refractivity contribution in [2.75, 3.05) is 6.54 Å². The molecule has 0 saturated heterocycles. The molecule has 0 radical (unpaired) electrons. The molecule has 0 aromatic heterocycles. The maximum absolute atomic E-state index is 4.34. The summed E-state index contributed by atoms with van der Waals surface area (Å²) in [5, 5.41) is 0. The molecule has 0 aliphatic rings. The number of allylic oxidation sites excluding steroid dienone is 2. The number of hydrogen-bond donors (Lipinski definition) is 0. The zero-order valence-electron chi connectivity index (χ0n) is 7.67. The summed E-state index contributed by atoms with van der Waals surface area (Å²) in [6.07, 6.45) is 5.87. The van der Waals surface area contributed by atoms with Crippen molar-refractivity contribution in [3.05, 3.63) is 24.8 Å². The molecule has 1 nitrogen and oxygen atoms in total. The van der Waals surface area contributed by atoms with E-state index in [4.69, 9.17) is 0 Å². The summed E-state index contributed by atoms with van der Waals surface area (Å²) >= 11 is 0. The van der Waals surface area contributed by atoms with Gasteiger partial charge in [-0.05, 0) is 18.9 Å². The molecule has 0 amide bonds. The van der Waals surface area contributed by atoms with Crippen LogP contribution in [0.25, 0.3) is 0 Å². The highest BCUT2D eigenvalue weighted by Crippen LogP contribution is 1.97. The van der Waals surface area contributed by atoms with Crippen LogP contribution in [0.15, 0.2) is 29.8 Å². The monoisotopic (exact) mass is 151 g/mol. The van der Waals surface area contributed by atoms with Crippen LogP contribution in [0, 0.1) is 5.92 Å². The first-order valence-corrected chi connectivity index (χ1v) is 4.00. The lowest BCUT2D eigenvalue weighted by molar-refractivity contribution is 0.882. The van der Waals surface area contributed by atoms with Crippen molar-refractivity contribution < 1.29 is 0 Å². The third-order valence-electron chi connectivity index (χ3n) is 1.42. The second kappa shape index (κ2) is 5.90. The first-order chi connectivity index (χ1) is 5.22. The van der Waals surface area contributed by atoms with E-state index in [2.05, 4.69) is 25.4 Å². The Balaban J connectivity index is 4.01. The maximum atomic E-state index is 4.34. The fourth-order valence-corrected chi connectivity index (χ4v) is 0.746. The number of aliphatic imine (C=N–C) groups is 1. The molecule has 62 valence electrons. The van der Waals surface area contributed by atoms with Crippen LogP contribution in [0.3, 0.4) is 0 Å². The molecule has 0 bridgehead atoms. The van der Waals surface area contributed by atoms with Crippen molar-refractivity contribution in [1.29, 1.82) is 0 Å². The molecule has 0 fully saturated rings. The average molecular weight is 151 g/mol. The average Bonchev–Trinajstić information content (AvgIpc) is 1.97. The van der Waals surface area contributed by atoms with Gasteiger partial charge in [0.2, 0.25) is 0 Å². The molecular weight excluding hydrogens is 134 g/mol. The molecule has 0 N–H and O–H groups in total. The van der Waals surface area contributed by atoms with Crippen molar-refractivity contribution in [3.63, 3.8) is 0 Å². The van der Waals surface area contributed by atoms with Gasteiger partial charge in [0.15, 0.2) is 0 Å². The van der Waals surface area contributed by atoms with Crippen LogP contribution in [-0.2, 0) is 0 Å². The lowest BCUT2D eigenvalue weighted by Crippen LogP contribution is -2.03. The van der Waals surface area contributed by atoms with E-state index >= 15 is 0 Å². The highest BCUT2D eigenvalue weighted by molar-refractivity contribution is 5.95. The van der Waals surface area contributed by atoms with E-state index in [1.165, 1.54) is 0 Å². The fourth-order valence-electron chi connectivity index (χ4n) is 0.746. The second-order valence-electron chi connectivity index (χ2n) is 2.69. The summed E-state index contributed by atoms with van der Waals surface area (Å²) in [6, 6.07) is 0. The molecule has 0 aromatic rings. The summed E-state index contributed by atoms with van der Waals surface area (Å²) in [4.78, 5) is 4.34. The van der Waals surface area contributed by atoms with Gasteiger partial charge >= 0.3 is 0 Å². The van der Waals surface area contributed by atoms with E-state index in [0.29, 0.717) is 5.92 Å². The largest absolute Gasteiger partial charge is 0.285 e. The molecule has 11 heavy (non-hydrogen) atoms. The normalized spacial score (nSPS) is 12.9. The summed E-state index contributed by atoms with van der Waals surface area (Å²) in [5.41, 5.74) is 1.09. The highest BCUT2D eigenvalue weighted by atomic mass is 14.7. The summed E-state index contributed by atoms with van der Waals surface area (Å²) in [6.45, 7) is 10.7. The Morgan fingerprint density at radius 3 is 2.55 bits per heavy atom. The molecule has 0 atom stereocenters. The Hall–Kier alpha value is -0.850. The van der Waals surface area contributed by atoms with E-state index < -0.39 is 0 Å². The van der Waals surface area contributed by atoms with E-state index in [-0.39, 0.29) is 0 Å². The Morgan fingerprint density at radius 1 is 1.55 bits per heavy atom. The van der Waals surface area contributed by atoms with Crippen LogP contribution in [-0.4, -0.2) is 12.3 Å². The smallest absolute Gasteiger partial charge is 0.0573 e. The quantitative estimate of drug-likeness (QED) is 0.433. The molecule has 0 aromatic carbocycles. The van der Waals surface area contributed by atoms with Crippen molar-refractivity contribution in [3.8, 4) is 0 Å². The van der Waals surface area contributed by atoms with Gasteiger partial charge in [0.1, 0.15) is 0 Å². The molecular formula is C10H17N. The molecule has 1 heteroatoms. The van der Waals surface area contributed by atoms with Crippen molar-refractivity contribution in [1.82, 2.24) is 0 Å². The van der Waals surface area contributed by atoms with Crippen molar-refractivity contribution in [2.45, 2.75) is 20.8 Å². The van der Waals surface area contributed by atoms with E-state index in [1.807, 2.05) is 25.2 Å². The molecule has 0 spiro atoms. The molecule has 0 heterocycles. The summed E-state index contributed by atoms with van der Waals surface area (Å²) < 4.78 is 0. The van der Waals surface area contributed by atoms with Gasteiger partial charge in [-0.3, -0.25) is 4.99 Å². The van der Waals surface area contributed by atoms with E-state index in [1.54, 1.807) is 0 Å². The minimum atomic E-state index is 0.484. The van der Waals surface area contributed by atoms with Crippen LogP contribution in [0.5, 0.6) is 0 Å². The zero-order valence-corrected chi connectivity index (χ0v) is 7.67. The molecule has 0 aliphatic heterocycles. The lowest BCUT2D eigenvalue weighted by atomic mass is 10.1. The Morgan fingerprint density at radius 2 is 2.18 bits per heavy atom. The third kappa shape index (κ3) is 4.54. The number of rotatable bonds is 4. The highest BCUT2D eigenvalue weighted by Gasteiger charge is 1.97. The zero-order chi connectivity index (χ0) is 8.69. The van der Waals surface area contributed by atoms with Gasteiger partial charge in [-0.25, -0.2) is 0 Å². The first kappa shape index (κ1) is 10.2. The van der Waals surface area contributed by atoms with Crippen molar-refractivity contribution in [2.24, 2.45) is 10.9 Å². The minimum absolute atomic E-state index is 0.484. The number of nitrogens with zero attached hydrogens (tertiary/aromatic N) is 1. The van der Waals surface area contributed by atoms with Gasteiger partial charge in [0.05, 0.1) is 6.54 Å². The van der Waals surface area contributed by atoms with Gasteiger partial charge in [-0.2, -0.15) is 0 Å². The standard InChI is InChI=1S/C10H17N/c1-5-7-8-11-10(6-2)9(3)4/h5-7,9H,2,8H2,1,3-4H3/b7-5-,11-10?. The molecule has 0 saturated carbocycles. The Kier molecular flexibility index (Phi) is 5.44. The summed E-state index contributed by atoms with van der Waals surface area (Å²) in [5.74, 6) is 0.484. The van der Waals surface area contributed by atoms with Crippen LogP contribution >= 0.6 is 0 Å². The second-order valence-corrected chi connectivity index (χ2v) is 2.69. The van der Waals surface area contributed by atoms with Crippen LogP contribution in [0.1, 0.15) is 20.8 Å². The Bertz CT molecular complexity index is 164. The van der Waals surface area contributed by atoms with Gasteiger partial charge < -0.3 is 0 Å². The topological polar surface area (TPSA) is 12.4 Å². The van der Waals surface area contributed by atoms with E-state index in [9.17, 15) is 0 Å². The SMILES string of the molecule is C=CC(=NC/C=C\C)C(C)C. The van der Waals surface area contributed by atoms with Crippen LogP contribution < -0.4 is 0 Å². The predicted octanol–water partition coefficient (Wildman–Crippen LogP) is 2.85. The first-order valence-electron chi connectivity index (χ1n) is 4.00. The molecule has 0 unspecified atom stereocenters. The molecule has 0 aliphatic carbocycles. The lowest BCUT2D eigenvalue weighted by Gasteiger charge is -2.02. The number of hydrogen-bond acceptors (Lipinski definition) is 1. The minimum Gasteiger partial charge on any atom is -0.285 e. The predicted molar refractivity (Wildman–Crippen MR) is 52.2 cm³/mol. The Labute approximate surface area is 69.5 Å². The van der Waals surface area contributed by atoms with Gasteiger partial charge in [-0.1, -0.05) is 32.6 Å². The van der Waals surface area contributed by atoms with Gasteiger partial charge in [0, 0.05) is 5.71 Å². The molecule has 0 rings (SSSR count).